The molecule has 3 saturated carbocycles. The van der Waals surface area contributed by atoms with Gasteiger partial charge in [0.1, 0.15) is 6.10 Å². The van der Waals surface area contributed by atoms with Crippen molar-refractivity contribution < 1.29 is 9.53 Å². The first-order chi connectivity index (χ1) is 15.3. The molecule has 174 valence electrons. The van der Waals surface area contributed by atoms with Crippen molar-refractivity contribution in [2.24, 2.45) is 17.8 Å². The van der Waals surface area contributed by atoms with Crippen molar-refractivity contribution in [3.8, 4) is 0 Å². The second-order valence-corrected chi connectivity index (χ2v) is 10.3. The van der Waals surface area contributed by atoms with Gasteiger partial charge in [-0.2, -0.15) is 0 Å². The lowest BCUT2D eigenvalue weighted by Crippen LogP contribution is -2.28. The summed E-state index contributed by atoms with van der Waals surface area (Å²) in [5.41, 5.74) is 0. The minimum absolute atomic E-state index is 0.131. The zero-order valence-electron chi connectivity index (χ0n) is 19.8. The molecule has 31 heavy (non-hydrogen) atoms. The number of carbonyl (C=O) groups is 1. The highest BCUT2D eigenvalue weighted by atomic mass is 16.5. The monoisotopic (exact) mass is 426 g/mol. The van der Waals surface area contributed by atoms with Gasteiger partial charge in [0.2, 0.25) is 0 Å². The van der Waals surface area contributed by atoms with Crippen LogP contribution in [-0.4, -0.2) is 12.1 Å². The fraction of sp³-hybridized carbons (Fsp3) is 0.759. The summed E-state index contributed by atoms with van der Waals surface area (Å²) in [5, 5.41) is 0. The van der Waals surface area contributed by atoms with Gasteiger partial charge in [0.15, 0.2) is 0 Å². The Morgan fingerprint density at radius 2 is 1.29 bits per heavy atom. The maximum absolute atomic E-state index is 12.1. The molecule has 3 aliphatic carbocycles. The van der Waals surface area contributed by atoms with Crippen LogP contribution in [0.1, 0.15) is 116 Å². The molecule has 0 radical (unpaired) electrons. The van der Waals surface area contributed by atoms with E-state index < -0.39 is 0 Å². The van der Waals surface area contributed by atoms with E-state index in [1.807, 2.05) is 6.08 Å². The highest BCUT2D eigenvalue weighted by molar-refractivity contribution is 5.82. The molecule has 0 atom stereocenters. The van der Waals surface area contributed by atoms with E-state index in [0.29, 0.717) is 0 Å². The molecule has 2 heteroatoms. The van der Waals surface area contributed by atoms with E-state index in [1.54, 1.807) is 6.08 Å². The lowest BCUT2D eigenvalue weighted by Gasteiger charge is -2.35. The largest absolute Gasteiger partial charge is 0.459 e. The van der Waals surface area contributed by atoms with Crippen molar-refractivity contribution in [3.63, 3.8) is 0 Å². The van der Waals surface area contributed by atoms with Gasteiger partial charge in [-0.25, -0.2) is 4.79 Å². The number of allylic oxidation sites excluding steroid dienone is 5. The second kappa shape index (κ2) is 14.7. The van der Waals surface area contributed by atoms with Crippen LogP contribution in [0, 0.1) is 17.8 Å². The van der Waals surface area contributed by atoms with Crippen molar-refractivity contribution in [1.29, 1.82) is 0 Å². The minimum Gasteiger partial charge on any atom is -0.459 e. The molecule has 3 fully saturated rings. The lowest BCUT2D eigenvalue weighted by molar-refractivity contribution is -0.145. The number of unbranched alkanes of at least 4 members (excludes halogenated alkanes) is 3. The summed E-state index contributed by atoms with van der Waals surface area (Å²) >= 11 is 0. The van der Waals surface area contributed by atoms with Gasteiger partial charge in [0.25, 0.3) is 0 Å². The fourth-order valence-corrected chi connectivity index (χ4v) is 5.91. The van der Waals surface area contributed by atoms with E-state index in [4.69, 9.17) is 4.74 Å². The SMILES string of the molecule is O=C(/C=C/CCCC/C=C/C=C/C1CCCCC1)OC1CCC(C2CCCCC2)CC1. The lowest BCUT2D eigenvalue weighted by atomic mass is 9.73. The minimum atomic E-state index is -0.131. The summed E-state index contributed by atoms with van der Waals surface area (Å²) < 4.78 is 5.70. The van der Waals surface area contributed by atoms with Gasteiger partial charge in [-0.1, -0.05) is 81.7 Å². The Labute approximate surface area is 191 Å². The first kappa shape index (κ1) is 24.3. The Hall–Kier alpha value is -1.31. The molecule has 0 unspecified atom stereocenters. The average molecular weight is 427 g/mol. The maximum atomic E-state index is 12.1. The summed E-state index contributed by atoms with van der Waals surface area (Å²) in [5.74, 6) is 2.53. The van der Waals surface area contributed by atoms with E-state index in [-0.39, 0.29) is 12.1 Å². The highest BCUT2D eigenvalue weighted by Crippen LogP contribution is 2.38. The van der Waals surface area contributed by atoms with Gasteiger partial charge in [0, 0.05) is 6.08 Å². The average Bonchev–Trinajstić information content (AvgIpc) is 2.82. The Bertz CT molecular complexity index is 568. The van der Waals surface area contributed by atoms with Gasteiger partial charge < -0.3 is 4.74 Å². The fourth-order valence-electron chi connectivity index (χ4n) is 5.91. The van der Waals surface area contributed by atoms with Crippen LogP contribution in [0.4, 0.5) is 0 Å². The highest BCUT2D eigenvalue weighted by Gasteiger charge is 2.29. The van der Waals surface area contributed by atoms with Crippen molar-refractivity contribution in [2.45, 2.75) is 122 Å². The summed E-state index contributed by atoms with van der Waals surface area (Å²) in [6.45, 7) is 0. The topological polar surface area (TPSA) is 26.3 Å². The van der Waals surface area contributed by atoms with Crippen LogP contribution >= 0.6 is 0 Å². The molecule has 0 amide bonds. The second-order valence-electron chi connectivity index (χ2n) is 10.3. The predicted octanol–water partition coefficient (Wildman–Crippen LogP) is 8.48. The summed E-state index contributed by atoms with van der Waals surface area (Å²) in [7, 11) is 0. The summed E-state index contributed by atoms with van der Waals surface area (Å²) in [6, 6.07) is 0. The normalized spacial score (nSPS) is 26.8. The third-order valence-electron chi connectivity index (χ3n) is 7.84. The van der Waals surface area contributed by atoms with E-state index in [1.165, 1.54) is 83.5 Å². The van der Waals surface area contributed by atoms with Gasteiger partial charge in [0.05, 0.1) is 0 Å². The first-order valence-electron chi connectivity index (χ1n) is 13.5. The van der Waals surface area contributed by atoms with Gasteiger partial charge in [-0.15, -0.1) is 0 Å². The first-order valence-corrected chi connectivity index (χ1v) is 13.5. The van der Waals surface area contributed by atoms with Crippen molar-refractivity contribution >= 4 is 5.97 Å². The number of esters is 1. The number of carbonyl (C=O) groups excluding carboxylic acids is 1. The molecule has 0 aliphatic heterocycles. The van der Waals surface area contributed by atoms with Crippen molar-refractivity contribution in [1.82, 2.24) is 0 Å². The predicted molar refractivity (Wildman–Crippen MR) is 131 cm³/mol. The van der Waals surface area contributed by atoms with Crippen LogP contribution < -0.4 is 0 Å². The third-order valence-corrected chi connectivity index (χ3v) is 7.84. The molecule has 0 N–H and O–H groups in total. The van der Waals surface area contributed by atoms with Crippen LogP contribution in [0.3, 0.4) is 0 Å². The number of hydrogen-bond acceptors (Lipinski definition) is 2. The van der Waals surface area contributed by atoms with Crippen LogP contribution in [0.2, 0.25) is 0 Å². The molecule has 0 aromatic rings. The molecular weight excluding hydrogens is 380 g/mol. The van der Waals surface area contributed by atoms with E-state index >= 15 is 0 Å². The Morgan fingerprint density at radius 3 is 2.00 bits per heavy atom. The Morgan fingerprint density at radius 1 is 0.677 bits per heavy atom. The maximum Gasteiger partial charge on any atom is 0.330 e. The molecular formula is C29H46O2. The van der Waals surface area contributed by atoms with Crippen LogP contribution in [0.25, 0.3) is 0 Å². The van der Waals surface area contributed by atoms with E-state index in [9.17, 15) is 4.79 Å². The van der Waals surface area contributed by atoms with Gasteiger partial charge in [-0.05, 0) is 82.0 Å². The van der Waals surface area contributed by atoms with Crippen LogP contribution in [-0.2, 0) is 9.53 Å². The Balaban J connectivity index is 1.18. The summed E-state index contributed by atoms with van der Waals surface area (Å²) in [6.07, 6.45) is 36.2. The molecule has 0 aromatic carbocycles. The molecule has 0 bridgehead atoms. The summed E-state index contributed by atoms with van der Waals surface area (Å²) in [4.78, 5) is 12.1. The zero-order chi connectivity index (χ0) is 21.6. The zero-order valence-corrected chi connectivity index (χ0v) is 19.8. The molecule has 0 spiro atoms. The standard InChI is InChI=1S/C29H46O2/c30-29(31-28-23-21-27(22-24-28)26-18-12-8-13-19-26)20-14-6-4-2-1-3-5-9-15-25-16-10-7-11-17-25/h3,5,9,14-15,20,25-28H,1-2,4,6-8,10-13,16-19,21-24H2/b5-3+,15-9+,20-14+. The van der Waals surface area contributed by atoms with Gasteiger partial charge >= 0.3 is 5.97 Å². The third kappa shape index (κ3) is 9.79. The number of ether oxygens (including phenoxy) is 1. The van der Waals surface area contributed by atoms with E-state index in [0.717, 1.165) is 49.9 Å². The molecule has 3 aliphatic rings. The molecule has 0 saturated heterocycles. The van der Waals surface area contributed by atoms with Crippen molar-refractivity contribution in [2.75, 3.05) is 0 Å². The quantitative estimate of drug-likeness (QED) is 0.151. The van der Waals surface area contributed by atoms with Crippen LogP contribution in [0.15, 0.2) is 36.5 Å². The smallest absolute Gasteiger partial charge is 0.330 e. The van der Waals surface area contributed by atoms with Gasteiger partial charge in [-0.3, -0.25) is 0 Å². The number of rotatable bonds is 10. The molecule has 0 aromatic heterocycles. The molecule has 2 nitrogen and oxygen atoms in total. The molecule has 0 heterocycles. The van der Waals surface area contributed by atoms with Crippen LogP contribution in [0.5, 0.6) is 0 Å². The van der Waals surface area contributed by atoms with E-state index in [2.05, 4.69) is 24.3 Å². The Kier molecular flexibility index (Phi) is 11.5. The number of hydrogen-bond donors (Lipinski definition) is 0. The van der Waals surface area contributed by atoms with Crippen molar-refractivity contribution in [3.05, 3.63) is 36.5 Å². The molecule has 3 rings (SSSR count).